The van der Waals surface area contributed by atoms with Gasteiger partial charge in [-0.15, -0.1) is 0 Å². The van der Waals surface area contributed by atoms with Gasteiger partial charge in [-0.3, -0.25) is 5.32 Å². The number of fused-ring (bicyclic) bond motifs is 1. The summed E-state index contributed by atoms with van der Waals surface area (Å²) in [5.74, 6) is 1.63. The fourth-order valence-electron chi connectivity index (χ4n) is 2.67. The minimum atomic E-state index is -1.09. The van der Waals surface area contributed by atoms with Crippen LogP contribution in [0.5, 0.6) is 11.5 Å². The average Bonchev–Trinajstić information content (AvgIpc) is 2.56. The monoisotopic (exact) mass is 336 g/mol. The van der Waals surface area contributed by atoms with Crippen LogP contribution in [0.25, 0.3) is 0 Å². The number of hydrogen-bond donors (Lipinski definition) is 3. The van der Waals surface area contributed by atoms with E-state index in [0.29, 0.717) is 12.6 Å². The lowest BCUT2D eigenvalue weighted by molar-refractivity contribution is -0.0340. The first-order valence-electron chi connectivity index (χ1n) is 9.05. The van der Waals surface area contributed by atoms with Crippen LogP contribution >= 0.6 is 0 Å². The standard InChI is InChI=1S/C19H32N2O3/c1-5-10-21-19(22,12-20-14(2)3)13-23-17-9-8-16-7-6-15(4)24-18(16)11-17/h8-9,11,14-15,20-22H,5-7,10,12-13H2,1-4H3. The Morgan fingerprint density at radius 1 is 1.42 bits per heavy atom. The maximum atomic E-state index is 10.8. The van der Waals surface area contributed by atoms with Crippen LogP contribution < -0.4 is 20.1 Å². The first-order valence-corrected chi connectivity index (χ1v) is 9.05. The zero-order chi connectivity index (χ0) is 17.6. The van der Waals surface area contributed by atoms with Crippen molar-refractivity contribution < 1.29 is 14.6 Å². The van der Waals surface area contributed by atoms with Crippen molar-refractivity contribution in [3.05, 3.63) is 23.8 Å². The fraction of sp³-hybridized carbons (Fsp3) is 0.684. The first-order chi connectivity index (χ1) is 11.4. The van der Waals surface area contributed by atoms with Crippen LogP contribution in [0.1, 0.15) is 46.1 Å². The van der Waals surface area contributed by atoms with Gasteiger partial charge in [0.05, 0.1) is 6.10 Å². The summed E-state index contributed by atoms with van der Waals surface area (Å²) in [6.07, 6.45) is 3.28. The second-order valence-corrected chi connectivity index (χ2v) is 7.02. The normalized spacial score (nSPS) is 19.5. The molecule has 0 aromatic heterocycles. The topological polar surface area (TPSA) is 62.8 Å². The van der Waals surface area contributed by atoms with Gasteiger partial charge in [-0.05, 0) is 44.4 Å². The number of ether oxygens (including phenoxy) is 2. The average molecular weight is 336 g/mol. The van der Waals surface area contributed by atoms with E-state index in [1.54, 1.807) is 0 Å². The summed E-state index contributed by atoms with van der Waals surface area (Å²) < 4.78 is 11.7. The van der Waals surface area contributed by atoms with Crippen LogP contribution in [0.2, 0.25) is 0 Å². The number of rotatable bonds is 9. The molecular weight excluding hydrogens is 304 g/mol. The molecule has 2 unspecified atom stereocenters. The van der Waals surface area contributed by atoms with Crippen molar-refractivity contribution in [3.8, 4) is 11.5 Å². The van der Waals surface area contributed by atoms with Gasteiger partial charge in [0.25, 0.3) is 0 Å². The molecule has 3 N–H and O–H groups in total. The number of nitrogens with one attached hydrogen (secondary N) is 2. The molecule has 0 saturated carbocycles. The van der Waals surface area contributed by atoms with E-state index in [9.17, 15) is 5.11 Å². The summed E-state index contributed by atoms with van der Waals surface area (Å²) in [7, 11) is 0. The molecule has 0 saturated heterocycles. The first kappa shape index (κ1) is 19.0. The number of aliphatic hydroxyl groups is 1. The molecule has 0 radical (unpaired) electrons. The highest BCUT2D eigenvalue weighted by molar-refractivity contribution is 5.42. The second-order valence-electron chi connectivity index (χ2n) is 7.02. The van der Waals surface area contributed by atoms with E-state index in [0.717, 1.165) is 37.3 Å². The Balaban J connectivity index is 1.98. The van der Waals surface area contributed by atoms with Crippen molar-refractivity contribution in [1.29, 1.82) is 0 Å². The van der Waals surface area contributed by atoms with Crippen LogP contribution in [0.4, 0.5) is 0 Å². The number of aryl methyl sites for hydroxylation is 1. The molecule has 5 nitrogen and oxygen atoms in total. The van der Waals surface area contributed by atoms with E-state index in [4.69, 9.17) is 9.47 Å². The molecule has 1 aliphatic heterocycles. The summed E-state index contributed by atoms with van der Waals surface area (Å²) in [6.45, 7) is 9.63. The highest BCUT2D eigenvalue weighted by Gasteiger charge is 2.27. The molecule has 1 aromatic rings. The lowest BCUT2D eigenvalue weighted by atomic mass is 10.0. The van der Waals surface area contributed by atoms with Gasteiger partial charge in [0.1, 0.15) is 18.1 Å². The molecule has 136 valence electrons. The van der Waals surface area contributed by atoms with Crippen LogP contribution in [0, 0.1) is 0 Å². The molecule has 24 heavy (non-hydrogen) atoms. The lowest BCUT2D eigenvalue weighted by Crippen LogP contribution is -2.57. The molecule has 0 aliphatic carbocycles. The van der Waals surface area contributed by atoms with Gasteiger partial charge in [0.2, 0.25) is 0 Å². The third kappa shape index (κ3) is 5.65. The Bertz CT molecular complexity index is 521. The van der Waals surface area contributed by atoms with Gasteiger partial charge in [-0.2, -0.15) is 0 Å². The maximum absolute atomic E-state index is 10.8. The third-order valence-electron chi connectivity index (χ3n) is 4.17. The Labute approximate surface area is 145 Å². The minimum absolute atomic E-state index is 0.182. The zero-order valence-corrected chi connectivity index (χ0v) is 15.4. The van der Waals surface area contributed by atoms with Crippen LogP contribution in [-0.2, 0) is 6.42 Å². The minimum Gasteiger partial charge on any atom is -0.490 e. The molecule has 5 heteroatoms. The van der Waals surface area contributed by atoms with Gasteiger partial charge in [0, 0.05) is 18.7 Å². The Morgan fingerprint density at radius 2 is 2.21 bits per heavy atom. The summed E-state index contributed by atoms with van der Waals surface area (Å²) >= 11 is 0. The molecule has 1 heterocycles. The molecule has 0 spiro atoms. The van der Waals surface area contributed by atoms with Crippen molar-refractivity contribution in [3.63, 3.8) is 0 Å². The van der Waals surface area contributed by atoms with Crippen LogP contribution in [0.3, 0.4) is 0 Å². The van der Waals surface area contributed by atoms with E-state index in [2.05, 4.69) is 44.4 Å². The van der Waals surface area contributed by atoms with Crippen LogP contribution in [-0.4, -0.2) is 42.7 Å². The summed E-state index contributed by atoms with van der Waals surface area (Å²) in [5.41, 5.74) is 0.130. The highest BCUT2D eigenvalue weighted by atomic mass is 16.5. The van der Waals surface area contributed by atoms with Crippen LogP contribution in [0.15, 0.2) is 18.2 Å². The summed E-state index contributed by atoms with van der Waals surface area (Å²) in [6, 6.07) is 6.25. The molecule has 1 aromatic carbocycles. The third-order valence-corrected chi connectivity index (χ3v) is 4.17. The van der Waals surface area contributed by atoms with Gasteiger partial charge >= 0.3 is 0 Å². The molecule has 2 rings (SSSR count). The largest absolute Gasteiger partial charge is 0.490 e. The van der Waals surface area contributed by atoms with Gasteiger partial charge < -0.3 is 19.9 Å². The molecular formula is C19H32N2O3. The van der Waals surface area contributed by atoms with Crippen molar-refractivity contribution in [2.24, 2.45) is 0 Å². The number of benzene rings is 1. The molecule has 1 aliphatic rings. The predicted molar refractivity (Wildman–Crippen MR) is 96.7 cm³/mol. The van der Waals surface area contributed by atoms with Crippen molar-refractivity contribution >= 4 is 0 Å². The van der Waals surface area contributed by atoms with E-state index in [1.807, 2.05) is 12.1 Å². The summed E-state index contributed by atoms with van der Waals surface area (Å²) in [4.78, 5) is 0. The van der Waals surface area contributed by atoms with Gasteiger partial charge in [-0.25, -0.2) is 0 Å². The van der Waals surface area contributed by atoms with E-state index >= 15 is 0 Å². The Kier molecular flexibility index (Phi) is 6.90. The molecule has 0 amide bonds. The molecule has 0 bridgehead atoms. The van der Waals surface area contributed by atoms with Crippen molar-refractivity contribution in [1.82, 2.24) is 10.6 Å². The zero-order valence-electron chi connectivity index (χ0n) is 15.4. The Morgan fingerprint density at radius 3 is 2.92 bits per heavy atom. The Hall–Kier alpha value is -1.30. The highest BCUT2D eigenvalue weighted by Crippen LogP contribution is 2.31. The molecule has 0 fully saturated rings. The van der Waals surface area contributed by atoms with E-state index < -0.39 is 5.72 Å². The maximum Gasteiger partial charge on any atom is 0.162 e. The van der Waals surface area contributed by atoms with Gasteiger partial charge in [-0.1, -0.05) is 26.8 Å². The smallest absolute Gasteiger partial charge is 0.162 e. The lowest BCUT2D eigenvalue weighted by Gasteiger charge is -2.31. The fourth-order valence-corrected chi connectivity index (χ4v) is 2.67. The summed E-state index contributed by atoms with van der Waals surface area (Å²) in [5, 5.41) is 17.3. The van der Waals surface area contributed by atoms with Crippen molar-refractivity contribution in [2.45, 2.75) is 64.8 Å². The van der Waals surface area contributed by atoms with Gasteiger partial charge in [0.15, 0.2) is 5.72 Å². The van der Waals surface area contributed by atoms with Crippen molar-refractivity contribution in [2.75, 3.05) is 19.7 Å². The van der Waals surface area contributed by atoms with E-state index in [1.165, 1.54) is 5.56 Å². The SMILES string of the molecule is CCCNC(O)(CNC(C)C)COc1ccc2c(c1)OC(C)CC2. The predicted octanol–water partition coefficient (Wildman–Crippen LogP) is 2.47. The quantitative estimate of drug-likeness (QED) is 0.605. The second kappa shape index (κ2) is 8.70. The van der Waals surface area contributed by atoms with E-state index in [-0.39, 0.29) is 12.7 Å². The number of hydrogen-bond acceptors (Lipinski definition) is 5. The molecule has 2 atom stereocenters.